The van der Waals surface area contributed by atoms with Crippen LogP contribution < -0.4 is 0 Å². The maximum Gasteiger partial charge on any atom is 0.143 e. The normalized spacial score (nSPS) is 54.8. The van der Waals surface area contributed by atoms with Crippen molar-refractivity contribution in [3.63, 3.8) is 0 Å². The summed E-state index contributed by atoms with van der Waals surface area (Å²) in [6, 6.07) is 0. The summed E-state index contributed by atoms with van der Waals surface area (Å²) >= 11 is 0. The third kappa shape index (κ3) is 4.24. The molecule has 2 aliphatic heterocycles. The van der Waals surface area contributed by atoms with Crippen LogP contribution in [0.5, 0.6) is 0 Å². The fourth-order valence-corrected chi connectivity index (χ4v) is 6.02. The van der Waals surface area contributed by atoms with E-state index in [9.17, 15) is 45.6 Å². The molecule has 11 heteroatoms. The summed E-state index contributed by atoms with van der Waals surface area (Å²) in [5.41, 5.74) is 0. The molecule has 0 amide bonds. The second-order valence-electron chi connectivity index (χ2n) is 9.78. The Hall–Kier alpha value is -0.730. The maximum absolute atomic E-state index is 13.0. The van der Waals surface area contributed by atoms with Crippen molar-refractivity contribution in [3.8, 4) is 0 Å². The van der Waals surface area contributed by atoms with Crippen LogP contribution in [-0.2, 0) is 14.3 Å². The van der Waals surface area contributed by atoms with E-state index in [0.29, 0.717) is 12.8 Å². The van der Waals surface area contributed by atoms with Gasteiger partial charge in [0, 0.05) is 18.8 Å². The minimum atomic E-state index is -1.64. The van der Waals surface area contributed by atoms with Gasteiger partial charge in [0.2, 0.25) is 0 Å². The van der Waals surface area contributed by atoms with Crippen molar-refractivity contribution in [2.24, 2.45) is 17.8 Å². The Morgan fingerprint density at radius 2 is 1.47 bits per heavy atom. The van der Waals surface area contributed by atoms with Gasteiger partial charge < -0.3 is 50.3 Å². The molecular formula is C21H34O11. The smallest absolute Gasteiger partial charge is 0.143 e. The number of aliphatic hydroxyl groups is 8. The Balaban J connectivity index is 1.60. The first-order chi connectivity index (χ1) is 15.1. The van der Waals surface area contributed by atoms with Gasteiger partial charge in [-0.2, -0.15) is 0 Å². The molecule has 0 aromatic rings. The number of Topliss-reactive ketones (excluding diaryl/α,β-unsaturated/α-hetero) is 1. The maximum atomic E-state index is 13.0. The van der Waals surface area contributed by atoms with Gasteiger partial charge in [0.1, 0.15) is 30.2 Å². The highest BCUT2D eigenvalue weighted by Gasteiger charge is 2.58. The lowest BCUT2D eigenvalue weighted by Crippen LogP contribution is -2.67. The molecule has 11 nitrogen and oxygen atoms in total. The zero-order valence-electron chi connectivity index (χ0n) is 17.6. The van der Waals surface area contributed by atoms with Gasteiger partial charge in [-0.25, -0.2) is 0 Å². The highest BCUT2D eigenvalue weighted by Crippen LogP contribution is 2.45. The molecule has 0 radical (unpaired) electrons. The van der Waals surface area contributed by atoms with Crippen LogP contribution in [-0.4, -0.2) is 120 Å². The molecule has 14 atom stereocenters. The van der Waals surface area contributed by atoms with Gasteiger partial charge in [-0.05, 0) is 25.2 Å². The molecule has 0 aromatic heterocycles. The molecule has 32 heavy (non-hydrogen) atoms. The molecule has 2 saturated heterocycles. The van der Waals surface area contributed by atoms with E-state index in [1.54, 1.807) is 0 Å². The number of hydrogen-bond acceptors (Lipinski definition) is 11. The lowest BCUT2D eigenvalue weighted by molar-refractivity contribution is -0.279. The van der Waals surface area contributed by atoms with Crippen LogP contribution in [0.1, 0.15) is 32.1 Å². The Morgan fingerprint density at radius 1 is 0.750 bits per heavy atom. The number of carbonyl (C=O) groups is 1. The molecule has 2 aliphatic carbocycles. The minimum absolute atomic E-state index is 0.0171. The highest BCUT2D eigenvalue weighted by atomic mass is 16.6. The Morgan fingerprint density at radius 3 is 2.12 bits per heavy atom. The number of rotatable bonds is 3. The molecule has 0 aromatic carbocycles. The quantitative estimate of drug-likeness (QED) is 0.206. The van der Waals surface area contributed by atoms with E-state index in [1.165, 1.54) is 0 Å². The summed E-state index contributed by atoms with van der Waals surface area (Å²) in [7, 11) is 0. The number of carbonyl (C=O) groups excluding carboxylic acids is 1. The number of hydrogen-bond donors (Lipinski definition) is 8. The van der Waals surface area contributed by atoms with E-state index < -0.39 is 85.6 Å². The van der Waals surface area contributed by atoms with Crippen LogP contribution >= 0.6 is 0 Å². The van der Waals surface area contributed by atoms with Gasteiger partial charge in [-0.1, -0.05) is 0 Å². The van der Waals surface area contributed by atoms with E-state index >= 15 is 0 Å². The summed E-state index contributed by atoms with van der Waals surface area (Å²) < 4.78 is 11.9. The van der Waals surface area contributed by atoms with Crippen LogP contribution in [0, 0.1) is 17.8 Å². The summed E-state index contributed by atoms with van der Waals surface area (Å²) in [4.78, 5) is 13.0. The average Bonchev–Trinajstić information content (AvgIpc) is 2.74. The monoisotopic (exact) mass is 462 g/mol. The third-order valence-electron chi connectivity index (χ3n) is 7.84. The van der Waals surface area contributed by atoms with Crippen LogP contribution in [0.4, 0.5) is 0 Å². The van der Waals surface area contributed by atoms with Crippen LogP contribution in [0.2, 0.25) is 0 Å². The number of ether oxygens (including phenoxy) is 2. The van der Waals surface area contributed by atoms with Crippen molar-refractivity contribution in [3.05, 3.63) is 0 Å². The predicted molar refractivity (Wildman–Crippen MR) is 105 cm³/mol. The molecule has 8 N–H and O–H groups in total. The summed E-state index contributed by atoms with van der Waals surface area (Å²) in [6.07, 6.45) is -12.1. The van der Waals surface area contributed by atoms with Crippen molar-refractivity contribution in [2.75, 3.05) is 6.61 Å². The van der Waals surface area contributed by atoms with E-state index in [2.05, 4.69) is 0 Å². The van der Waals surface area contributed by atoms with Gasteiger partial charge in [0.15, 0.2) is 0 Å². The van der Waals surface area contributed by atoms with Crippen LogP contribution in [0.25, 0.3) is 0 Å². The fraction of sp³-hybridized carbons (Fsp3) is 0.952. The fourth-order valence-electron chi connectivity index (χ4n) is 6.02. The summed E-state index contributed by atoms with van der Waals surface area (Å²) in [6.45, 7) is -0.633. The first-order valence-electron chi connectivity index (χ1n) is 11.3. The molecule has 4 rings (SSSR count). The first-order valence-corrected chi connectivity index (χ1v) is 11.3. The molecule has 184 valence electrons. The van der Waals surface area contributed by atoms with Crippen molar-refractivity contribution >= 4 is 5.78 Å². The zero-order chi connectivity index (χ0) is 23.3. The van der Waals surface area contributed by atoms with Crippen molar-refractivity contribution in [2.45, 2.75) is 99.2 Å². The van der Waals surface area contributed by atoms with Gasteiger partial charge in [-0.3, -0.25) is 4.79 Å². The Labute approximate surface area is 185 Å². The molecule has 9 unspecified atom stereocenters. The SMILES string of the molecule is O=C1CC(C2CCC(O)C(O)C2)OC2C1C(O)CC(O)C2[C@@H]1O[C@H](CO)[C@@H](O)[C@H](O)[C@H]1O. The number of fused-ring (bicyclic) bond motifs is 1. The second-order valence-corrected chi connectivity index (χ2v) is 9.78. The lowest BCUT2D eigenvalue weighted by Gasteiger charge is -2.53. The van der Waals surface area contributed by atoms with Gasteiger partial charge in [0.25, 0.3) is 0 Å². The van der Waals surface area contributed by atoms with Gasteiger partial charge in [0.05, 0.1) is 55.3 Å². The molecule has 4 fully saturated rings. The summed E-state index contributed by atoms with van der Waals surface area (Å²) in [5.74, 6) is -2.46. The topological polar surface area (TPSA) is 197 Å². The van der Waals surface area contributed by atoms with E-state index in [1.807, 2.05) is 0 Å². The molecular weight excluding hydrogens is 428 g/mol. The number of aliphatic hydroxyl groups excluding tert-OH is 8. The van der Waals surface area contributed by atoms with E-state index in [0.717, 1.165) is 0 Å². The Bertz CT molecular complexity index is 674. The lowest BCUT2D eigenvalue weighted by atomic mass is 9.66. The molecule has 2 heterocycles. The third-order valence-corrected chi connectivity index (χ3v) is 7.84. The van der Waals surface area contributed by atoms with Crippen molar-refractivity contribution in [1.29, 1.82) is 0 Å². The Kier molecular flexibility index (Phi) is 7.24. The highest BCUT2D eigenvalue weighted by molar-refractivity contribution is 5.83. The van der Waals surface area contributed by atoms with E-state index in [-0.39, 0.29) is 31.0 Å². The molecule has 0 spiro atoms. The second kappa shape index (κ2) is 9.49. The summed E-state index contributed by atoms with van der Waals surface area (Å²) in [5, 5.41) is 81.6. The number of ketones is 1. The molecule has 4 aliphatic rings. The zero-order valence-corrected chi connectivity index (χ0v) is 17.6. The molecule has 2 saturated carbocycles. The minimum Gasteiger partial charge on any atom is -0.394 e. The van der Waals surface area contributed by atoms with Crippen LogP contribution in [0.3, 0.4) is 0 Å². The van der Waals surface area contributed by atoms with Gasteiger partial charge >= 0.3 is 0 Å². The largest absolute Gasteiger partial charge is 0.394 e. The van der Waals surface area contributed by atoms with Crippen molar-refractivity contribution in [1.82, 2.24) is 0 Å². The van der Waals surface area contributed by atoms with Gasteiger partial charge in [-0.15, -0.1) is 0 Å². The van der Waals surface area contributed by atoms with E-state index in [4.69, 9.17) is 9.47 Å². The van der Waals surface area contributed by atoms with Crippen LogP contribution in [0.15, 0.2) is 0 Å². The predicted octanol–water partition coefficient (Wildman–Crippen LogP) is -3.56. The molecule has 0 bridgehead atoms. The van der Waals surface area contributed by atoms with Crippen molar-refractivity contribution < 1.29 is 55.1 Å². The standard InChI is InChI=1S/C21H34O11/c22-6-14-17(28)18(29)19(30)21(32-14)16-11(26)4-10(25)15-12(27)5-13(31-20(15)16)7-1-2-8(23)9(24)3-7/h7-11,13-26,28-30H,1-6H2/t7?,8?,9?,10?,11?,13?,14-,15?,16?,17-,18+,19-,20?,21+/m1/s1. The first kappa shape index (κ1) is 24.4. The average molecular weight is 462 g/mol.